The second kappa shape index (κ2) is 8.86. The largest absolute Gasteiger partial charge is 0.332 e. The van der Waals surface area contributed by atoms with Crippen molar-refractivity contribution in [2.45, 2.75) is 64.1 Å². The number of hydrogen-bond acceptors (Lipinski definition) is 0. The summed E-state index contributed by atoms with van der Waals surface area (Å²) in [6.45, 7) is 12.1. The van der Waals surface area contributed by atoms with Crippen LogP contribution < -0.4 is 14.7 Å². The lowest BCUT2D eigenvalue weighted by atomic mass is 9.85. The van der Waals surface area contributed by atoms with Crippen molar-refractivity contribution in [2.75, 3.05) is 39.3 Å². The van der Waals surface area contributed by atoms with Gasteiger partial charge in [-0.15, -0.1) is 0 Å². The van der Waals surface area contributed by atoms with Crippen LogP contribution in [0.25, 0.3) is 0 Å². The molecule has 2 saturated heterocycles. The quantitative estimate of drug-likeness (QED) is 0.648. The minimum absolute atomic E-state index is 0.957. The van der Waals surface area contributed by atoms with Gasteiger partial charge in [0.05, 0.1) is 25.2 Å². The molecule has 3 nitrogen and oxygen atoms in total. The number of piperidine rings is 1. The highest BCUT2D eigenvalue weighted by molar-refractivity contribution is 5.13. The first-order valence-corrected chi connectivity index (χ1v) is 11.3. The van der Waals surface area contributed by atoms with Gasteiger partial charge in [0, 0.05) is 24.8 Å². The molecule has 26 heavy (non-hydrogen) atoms. The molecule has 0 bridgehead atoms. The summed E-state index contributed by atoms with van der Waals surface area (Å²) in [5, 5.41) is 0. The Kier molecular flexibility index (Phi) is 6.29. The Morgan fingerprint density at radius 1 is 0.769 bits per heavy atom. The van der Waals surface area contributed by atoms with Crippen LogP contribution in [0.5, 0.6) is 0 Å². The molecule has 3 aliphatic rings. The second-order valence-corrected chi connectivity index (χ2v) is 9.47. The van der Waals surface area contributed by atoms with Crippen molar-refractivity contribution in [3.05, 3.63) is 35.9 Å². The number of quaternary nitrogens is 3. The number of benzene rings is 1. The lowest BCUT2D eigenvalue weighted by Crippen LogP contribution is -3.30. The van der Waals surface area contributed by atoms with E-state index >= 15 is 0 Å². The van der Waals surface area contributed by atoms with Gasteiger partial charge in [0.2, 0.25) is 0 Å². The van der Waals surface area contributed by atoms with E-state index in [0.29, 0.717) is 0 Å². The fraction of sp³-hybridized carbons (Fsp3) is 0.739. The van der Waals surface area contributed by atoms with Crippen LogP contribution in [0.15, 0.2) is 30.3 Å². The van der Waals surface area contributed by atoms with E-state index < -0.39 is 0 Å². The van der Waals surface area contributed by atoms with Crippen LogP contribution in [0.4, 0.5) is 0 Å². The predicted octanol–water partition coefficient (Wildman–Crippen LogP) is -0.404. The zero-order valence-electron chi connectivity index (χ0n) is 16.8. The molecule has 0 radical (unpaired) electrons. The average Bonchev–Trinajstić information content (AvgIpc) is 2.70. The SMILES string of the molecule is C[C@H]1CCC[C@@H]([NH+]2CCC([NH+]3CC[NH+](Cc4ccccc4)CC3)CC2)C1. The van der Waals surface area contributed by atoms with Gasteiger partial charge in [-0.2, -0.15) is 0 Å². The lowest BCUT2D eigenvalue weighted by molar-refractivity contribution is -1.04. The van der Waals surface area contributed by atoms with Crippen LogP contribution in [-0.4, -0.2) is 51.4 Å². The van der Waals surface area contributed by atoms with Crippen LogP contribution in [0.3, 0.4) is 0 Å². The molecule has 0 spiro atoms. The zero-order chi connectivity index (χ0) is 17.8. The molecule has 2 heterocycles. The molecule has 0 aromatic heterocycles. The number of nitrogens with one attached hydrogen (secondary N) is 3. The number of rotatable bonds is 4. The molecule has 0 unspecified atom stereocenters. The van der Waals surface area contributed by atoms with Gasteiger partial charge in [-0.1, -0.05) is 43.7 Å². The third-order valence-electron chi connectivity index (χ3n) is 7.62. The molecule has 144 valence electrons. The normalized spacial score (nSPS) is 38.8. The Balaban J connectivity index is 1.20. The van der Waals surface area contributed by atoms with Crippen LogP contribution in [0, 0.1) is 5.92 Å². The van der Waals surface area contributed by atoms with Gasteiger partial charge >= 0.3 is 0 Å². The van der Waals surface area contributed by atoms with Gasteiger partial charge in [-0.3, -0.25) is 0 Å². The minimum Gasteiger partial charge on any atom is -0.332 e. The fourth-order valence-electron chi connectivity index (χ4n) is 6.00. The Morgan fingerprint density at radius 2 is 1.46 bits per heavy atom. The van der Waals surface area contributed by atoms with Crippen molar-refractivity contribution in [1.82, 2.24) is 0 Å². The molecular weight excluding hydrogens is 318 g/mol. The molecule has 0 amide bonds. The predicted molar refractivity (Wildman–Crippen MR) is 107 cm³/mol. The Hall–Kier alpha value is -0.900. The molecule has 4 rings (SSSR count). The fourth-order valence-corrected chi connectivity index (χ4v) is 6.00. The Labute approximate surface area is 160 Å². The van der Waals surface area contributed by atoms with E-state index in [-0.39, 0.29) is 0 Å². The number of piperazine rings is 1. The average molecular weight is 359 g/mol. The number of likely N-dealkylation sites (tertiary alicyclic amines) is 1. The van der Waals surface area contributed by atoms with E-state index in [0.717, 1.165) is 18.0 Å². The Morgan fingerprint density at radius 3 is 2.15 bits per heavy atom. The van der Waals surface area contributed by atoms with Gasteiger partial charge in [0.25, 0.3) is 0 Å². The van der Waals surface area contributed by atoms with Gasteiger partial charge in [-0.05, 0) is 18.8 Å². The highest BCUT2D eigenvalue weighted by Crippen LogP contribution is 2.22. The topological polar surface area (TPSA) is 13.3 Å². The van der Waals surface area contributed by atoms with Gasteiger partial charge < -0.3 is 14.7 Å². The van der Waals surface area contributed by atoms with Crippen molar-refractivity contribution in [2.24, 2.45) is 5.92 Å². The smallest absolute Gasteiger partial charge is 0.127 e. The summed E-state index contributed by atoms with van der Waals surface area (Å²) in [6, 6.07) is 13.0. The second-order valence-electron chi connectivity index (χ2n) is 9.47. The summed E-state index contributed by atoms with van der Waals surface area (Å²) >= 11 is 0. The summed E-state index contributed by atoms with van der Waals surface area (Å²) in [6.07, 6.45) is 8.91. The lowest BCUT2D eigenvalue weighted by Gasteiger charge is -2.41. The van der Waals surface area contributed by atoms with Crippen molar-refractivity contribution < 1.29 is 14.7 Å². The summed E-state index contributed by atoms with van der Waals surface area (Å²) in [4.78, 5) is 5.68. The summed E-state index contributed by atoms with van der Waals surface area (Å²) in [5.41, 5.74) is 1.50. The first-order valence-electron chi connectivity index (χ1n) is 11.3. The Bertz CT molecular complexity index is 530. The maximum absolute atomic E-state index is 2.47. The van der Waals surface area contributed by atoms with E-state index in [9.17, 15) is 0 Å². The maximum atomic E-state index is 2.47. The first-order chi connectivity index (χ1) is 12.8. The number of hydrogen-bond donors (Lipinski definition) is 3. The summed E-state index contributed by atoms with van der Waals surface area (Å²) < 4.78 is 0. The molecule has 2 atom stereocenters. The standard InChI is InChI=1S/C23H37N3/c1-20-6-5-9-23(18-20)25-12-10-22(11-13-25)26-16-14-24(15-17-26)19-21-7-3-2-4-8-21/h2-4,7-8,20,22-23H,5-6,9-19H2,1H3/p+3/t20-,23+/m0/s1. The highest BCUT2D eigenvalue weighted by atomic mass is 15.3. The van der Waals surface area contributed by atoms with Crippen LogP contribution >= 0.6 is 0 Å². The van der Waals surface area contributed by atoms with E-state index in [1.54, 1.807) is 4.90 Å². The van der Waals surface area contributed by atoms with Crippen LogP contribution in [0.2, 0.25) is 0 Å². The summed E-state index contributed by atoms with van der Waals surface area (Å²) in [7, 11) is 0. The van der Waals surface area contributed by atoms with Crippen molar-refractivity contribution in [1.29, 1.82) is 0 Å². The summed E-state index contributed by atoms with van der Waals surface area (Å²) in [5.74, 6) is 0.977. The third-order valence-corrected chi connectivity index (χ3v) is 7.62. The molecule has 1 aliphatic carbocycles. The maximum Gasteiger partial charge on any atom is 0.127 e. The van der Waals surface area contributed by atoms with Gasteiger partial charge in [0.15, 0.2) is 0 Å². The first kappa shape index (κ1) is 18.5. The molecule has 3 N–H and O–H groups in total. The molecule has 3 heteroatoms. The van der Waals surface area contributed by atoms with Gasteiger partial charge in [0.1, 0.15) is 32.7 Å². The third kappa shape index (κ3) is 4.68. The molecule has 1 aromatic rings. The van der Waals surface area contributed by atoms with E-state index in [1.165, 1.54) is 89.9 Å². The van der Waals surface area contributed by atoms with Crippen LogP contribution in [-0.2, 0) is 6.54 Å². The monoisotopic (exact) mass is 358 g/mol. The molecule has 3 fully saturated rings. The highest BCUT2D eigenvalue weighted by Gasteiger charge is 2.36. The van der Waals surface area contributed by atoms with E-state index in [1.807, 2.05) is 9.80 Å². The van der Waals surface area contributed by atoms with E-state index in [2.05, 4.69) is 37.3 Å². The van der Waals surface area contributed by atoms with Crippen molar-refractivity contribution in [3.8, 4) is 0 Å². The van der Waals surface area contributed by atoms with Crippen LogP contribution in [0.1, 0.15) is 51.0 Å². The minimum atomic E-state index is 0.957. The van der Waals surface area contributed by atoms with Crippen molar-refractivity contribution >= 4 is 0 Å². The molecular formula is C23H40N3+3. The zero-order valence-corrected chi connectivity index (χ0v) is 16.8. The van der Waals surface area contributed by atoms with Gasteiger partial charge in [-0.25, -0.2) is 0 Å². The molecule has 1 saturated carbocycles. The molecule has 1 aromatic carbocycles. The van der Waals surface area contributed by atoms with Crippen molar-refractivity contribution in [3.63, 3.8) is 0 Å². The van der Waals surface area contributed by atoms with E-state index in [4.69, 9.17) is 0 Å². The molecule has 2 aliphatic heterocycles.